The third-order valence-electron chi connectivity index (χ3n) is 3.89. The molecule has 0 aliphatic heterocycles. The predicted molar refractivity (Wildman–Crippen MR) is 102 cm³/mol. The molecular formula is C21H23NO5. The number of hydrogen-bond donors (Lipinski definition) is 0. The van der Waals surface area contributed by atoms with Crippen LogP contribution in [0, 0.1) is 0 Å². The molecule has 0 heterocycles. The van der Waals surface area contributed by atoms with Gasteiger partial charge in [0.25, 0.3) is 5.91 Å². The van der Waals surface area contributed by atoms with Gasteiger partial charge in [0.2, 0.25) is 0 Å². The highest BCUT2D eigenvalue weighted by Crippen LogP contribution is 2.18. The smallest absolute Gasteiger partial charge is 0.331 e. The number of esters is 1. The van der Waals surface area contributed by atoms with Gasteiger partial charge in [-0.3, -0.25) is 4.79 Å². The lowest BCUT2D eigenvalue weighted by Gasteiger charge is -2.18. The van der Waals surface area contributed by atoms with Gasteiger partial charge in [0.05, 0.1) is 14.2 Å². The summed E-state index contributed by atoms with van der Waals surface area (Å²) in [5, 5.41) is 0. The van der Waals surface area contributed by atoms with Crippen molar-refractivity contribution in [1.29, 1.82) is 0 Å². The van der Waals surface area contributed by atoms with Gasteiger partial charge in [-0.1, -0.05) is 30.3 Å². The van der Waals surface area contributed by atoms with Crippen LogP contribution in [0.5, 0.6) is 11.5 Å². The number of nitrogens with zero attached hydrogens (tertiary/aromatic N) is 1. The van der Waals surface area contributed by atoms with Crippen molar-refractivity contribution in [2.24, 2.45) is 0 Å². The fraction of sp³-hybridized carbons (Fsp3) is 0.238. The third kappa shape index (κ3) is 6.18. The van der Waals surface area contributed by atoms with Crippen molar-refractivity contribution >= 4 is 18.0 Å². The summed E-state index contributed by atoms with van der Waals surface area (Å²) in [6.07, 6.45) is 2.90. The minimum Gasteiger partial charge on any atom is -0.497 e. The molecule has 0 N–H and O–H groups in total. The molecule has 142 valence electrons. The van der Waals surface area contributed by atoms with Crippen molar-refractivity contribution in [2.75, 3.05) is 27.9 Å². The Bertz CT molecular complexity index is 798. The van der Waals surface area contributed by atoms with Crippen molar-refractivity contribution < 1.29 is 23.8 Å². The Balaban J connectivity index is 1.82. The van der Waals surface area contributed by atoms with E-state index in [1.807, 2.05) is 36.4 Å². The zero-order valence-electron chi connectivity index (χ0n) is 15.7. The molecule has 0 saturated heterocycles. The van der Waals surface area contributed by atoms with Crippen LogP contribution in [0.25, 0.3) is 6.08 Å². The van der Waals surface area contributed by atoms with Crippen molar-refractivity contribution in [3.63, 3.8) is 0 Å². The molecule has 0 saturated carbocycles. The molecule has 0 fully saturated rings. The van der Waals surface area contributed by atoms with Crippen molar-refractivity contribution in [3.8, 4) is 11.5 Å². The van der Waals surface area contributed by atoms with Gasteiger partial charge < -0.3 is 19.1 Å². The average molecular weight is 369 g/mol. The van der Waals surface area contributed by atoms with Crippen LogP contribution in [-0.4, -0.2) is 44.7 Å². The molecule has 1 amide bonds. The van der Waals surface area contributed by atoms with E-state index in [4.69, 9.17) is 14.2 Å². The molecule has 2 aromatic rings. The lowest BCUT2D eigenvalue weighted by Crippen LogP contribution is -2.30. The zero-order chi connectivity index (χ0) is 19.6. The highest BCUT2D eigenvalue weighted by molar-refractivity contribution is 5.89. The summed E-state index contributed by atoms with van der Waals surface area (Å²) in [7, 11) is 4.82. The molecule has 0 unspecified atom stereocenters. The van der Waals surface area contributed by atoms with E-state index in [2.05, 4.69) is 0 Å². The van der Waals surface area contributed by atoms with E-state index in [1.54, 1.807) is 39.5 Å². The van der Waals surface area contributed by atoms with Gasteiger partial charge in [-0.05, 0) is 29.8 Å². The number of methoxy groups -OCH3 is 2. The Morgan fingerprint density at radius 1 is 1.00 bits per heavy atom. The molecule has 27 heavy (non-hydrogen) atoms. The normalized spacial score (nSPS) is 10.5. The number of amides is 1. The number of rotatable bonds is 8. The Morgan fingerprint density at radius 2 is 1.70 bits per heavy atom. The number of likely N-dealkylation sites (N-methyl/N-ethyl adjacent to an activating group) is 1. The molecule has 0 aromatic heterocycles. The topological polar surface area (TPSA) is 65.1 Å². The lowest BCUT2D eigenvalue weighted by atomic mass is 10.2. The number of benzene rings is 2. The number of ether oxygens (including phenoxy) is 3. The first kappa shape index (κ1) is 20.0. The summed E-state index contributed by atoms with van der Waals surface area (Å²) in [4.78, 5) is 25.5. The molecule has 2 rings (SSSR count). The van der Waals surface area contributed by atoms with E-state index in [1.165, 1.54) is 11.0 Å². The lowest BCUT2D eigenvalue weighted by molar-refractivity contribution is -0.147. The Labute approximate surface area is 159 Å². The minimum atomic E-state index is -0.579. The summed E-state index contributed by atoms with van der Waals surface area (Å²) in [6.45, 7) is 0.0412. The molecule has 0 radical (unpaired) electrons. The third-order valence-corrected chi connectivity index (χ3v) is 3.89. The van der Waals surface area contributed by atoms with E-state index in [-0.39, 0.29) is 12.5 Å². The molecule has 6 nitrogen and oxygen atoms in total. The molecular weight excluding hydrogens is 346 g/mol. The van der Waals surface area contributed by atoms with Gasteiger partial charge in [0, 0.05) is 25.2 Å². The maximum Gasteiger partial charge on any atom is 0.331 e. The summed E-state index contributed by atoms with van der Waals surface area (Å²) in [5.74, 6) is 0.562. The standard InChI is InChI=1S/C21H23NO5/c1-22(14-17-6-4-5-7-19(17)26-3)20(23)15-27-21(24)13-10-16-8-11-18(25-2)12-9-16/h4-13H,14-15H2,1-3H3/b13-10+. The molecule has 0 atom stereocenters. The molecule has 0 spiro atoms. The van der Waals surface area contributed by atoms with Gasteiger partial charge in [-0.2, -0.15) is 0 Å². The molecule has 0 bridgehead atoms. The highest BCUT2D eigenvalue weighted by atomic mass is 16.5. The number of hydrogen-bond acceptors (Lipinski definition) is 5. The fourth-order valence-corrected chi connectivity index (χ4v) is 2.35. The molecule has 6 heteroatoms. The van der Waals surface area contributed by atoms with Crippen LogP contribution >= 0.6 is 0 Å². The van der Waals surface area contributed by atoms with Crippen LogP contribution in [0.1, 0.15) is 11.1 Å². The second-order valence-electron chi connectivity index (χ2n) is 5.78. The monoisotopic (exact) mass is 369 g/mol. The molecule has 2 aromatic carbocycles. The van der Waals surface area contributed by atoms with Crippen molar-refractivity contribution in [2.45, 2.75) is 6.54 Å². The molecule has 0 aliphatic rings. The Morgan fingerprint density at radius 3 is 2.37 bits per heavy atom. The van der Waals surface area contributed by atoms with E-state index >= 15 is 0 Å². The Kier molecular flexibility index (Phi) is 7.43. The van der Waals surface area contributed by atoms with Crippen LogP contribution < -0.4 is 9.47 Å². The van der Waals surface area contributed by atoms with E-state index in [0.29, 0.717) is 12.3 Å². The fourth-order valence-electron chi connectivity index (χ4n) is 2.35. The van der Waals surface area contributed by atoms with Gasteiger partial charge in [-0.25, -0.2) is 4.79 Å². The SMILES string of the molecule is COc1ccc(/C=C/C(=O)OCC(=O)N(C)Cc2ccccc2OC)cc1. The first-order valence-corrected chi connectivity index (χ1v) is 8.38. The summed E-state index contributed by atoms with van der Waals surface area (Å²) >= 11 is 0. The second kappa shape index (κ2) is 10.0. The van der Waals surface area contributed by atoms with E-state index in [0.717, 1.165) is 16.9 Å². The minimum absolute atomic E-state index is 0.299. The average Bonchev–Trinajstić information content (AvgIpc) is 2.71. The quantitative estimate of drug-likeness (QED) is 0.529. The largest absolute Gasteiger partial charge is 0.497 e. The number of carbonyl (C=O) groups excluding carboxylic acids is 2. The van der Waals surface area contributed by atoms with Gasteiger partial charge in [0.1, 0.15) is 11.5 Å². The number of carbonyl (C=O) groups is 2. The van der Waals surface area contributed by atoms with Crippen LogP contribution in [-0.2, 0) is 20.9 Å². The van der Waals surface area contributed by atoms with E-state index in [9.17, 15) is 9.59 Å². The summed E-state index contributed by atoms with van der Waals surface area (Å²) < 4.78 is 15.4. The summed E-state index contributed by atoms with van der Waals surface area (Å²) in [6, 6.07) is 14.7. The predicted octanol–water partition coefficient (Wildman–Crippen LogP) is 2.92. The molecule has 0 aliphatic carbocycles. The van der Waals surface area contributed by atoms with Gasteiger partial charge in [-0.15, -0.1) is 0 Å². The van der Waals surface area contributed by atoms with Crippen molar-refractivity contribution in [1.82, 2.24) is 4.90 Å². The highest BCUT2D eigenvalue weighted by Gasteiger charge is 2.13. The van der Waals surface area contributed by atoms with Crippen LogP contribution in [0.15, 0.2) is 54.6 Å². The maximum absolute atomic E-state index is 12.2. The second-order valence-corrected chi connectivity index (χ2v) is 5.78. The van der Waals surface area contributed by atoms with Crippen LogP contribution in [0.4, 0.5) is 0 Å². The van der Waals surface area contributed by atoms with Crippen molar-refractivity contribution in [3.05, 3.63) is 65.7 Å². The van der Waals surface area contributed by atoms with Crippen LogP contribution in [0.3, 0.4) is 0 Å². The van der Waals surface area contributed by atoms with Gasteiger partial charge in [0.15, 0.2) is 6.61 Å². The maximum atomic E-state index is 12.2. The van der Waals surface area contributed by atoms with E-state index < -0.39 is 5.97 Å². The summed E-state index contributed by atoms with van der Waals surface area (Å²) in [5.41, 5.74) is 1.70. The first-order chi connectivity index (χ1) is 13.0. The van der Waals surface area contributed by atoms with Crippen LogP contribution in [0.2, 0.25) is 0 Å². The Hall–Kier alpha value is -3.28. The number of para-hydroxylation sites is 1. The zero-order valence-corrected chi connectivity index (χ0v) is 15.7. The first-order valence-electron chi connectivity index (χ1n) is 8.38. The van der Waals surface area contributed by atoms with Gasteiger partial charge >= 0.3 is 5.97 Å².